The maximum absolute atomic E-state index is 12.1. The molecule has 0 N–H and O–H groups in total. The molecule has 1 aliphatic rings. The Morgan fingerprint density at radius 1 is 1.17 bits per heavy atom. The van der Waals surface area contributed by atoms with Crippen molar-refractivity contribution in [3.63, 3.8) is 0 Å². The van der Waals surface area contributed by atoms with Gasteiger partial charge in [0.25, 0.3) is 0 Å². The molecular formula is C15H15ClO2. The Hall–Kier alpha value is -1.28. The van der Waals surface area contributed by atoms with Crippen LogP contribution in [0.3, 0.4) is 0 Å². The Kier molecular flexibility index (Phi) is 3.13. The lowest BCUT2D eigenvalue weighted by atomic mass is 9.96. The van der Waals surface area contributed by atoms with E-state index in [1.165, 1.54) is 0 Å². The van der Waals surface area contributed by atoms with Crippen molar-refractivity contribution >= 4 is 28.4 Å². The van der Waals surface area contributed by atoms with Crippen molar-refractivity contribution in [3.05, 3.63) is 35.0 Å². The lowest BCUT2D eigenvalue weighted by molar-refractivity contribution is -0.120. The zero-order valence-electron chi connectivity index (χ0n) is 10.1. The minimum atomic E-state index is -0.0568. The van der Waals surface area contributed by atoms with Crippen LogP contribution in [0.4, 0.5) is 0 Å². The molecule has 1 aromatic carbocycles. The number of ketones is 1. The number of rotatable bonds is 1. The van der Waals surface area contributed by atoms with Gasteiger partial charge in [0.05, 0.1) is 5.92 Å². The van der Waals surface area contributed by atoms with Gasteiger partial charge < -0.3 is 4.42 Å². The monoisotopic (exact) mass is 262 g/mol. The molecule has 0 radical (unpaired) electrons. The molecule has 3 rings (SSSR count). The molecule has 0 amide bonds. The minimum absolute atomic E-state index is 0.0568. The summed E-state index contributed by atoms with van der Waals surface area (Å²) in [6.45, 7) is 0. The van der Waals surface area contributed by atoms with Gasteiger partial charge in [0, 0.05) is 16.8 Å². The topological polar surface area (TPSA) is 30.2 Å². The van der Waals surface area contributed by atoms with Crippen molar-refractivity contribution in [3.8, 4) is 0 Å². The first-order valence-electron chi connectivity index (χ1n) is 6.46. The molecule has 1 heterocycles. The van der Waals surface area contributed by atoms with E-state index in [2.05, 4.69) is 0 Å². The molecule has 0 bridgehead atoms. The molecule has 1 saturated carbocycles. The first kappa shape index (κ1) is 11.8. The van der Waals surface area contributed by atoms with Crippen LogP contribution in [-0.4, -0.2) is 5.78 Å². The Labute approximate surface area is 111 Å². The first-order valence-corrected chi connectivity index (χ1v) is 6.83. The number of carbonyl (C=O) groups is 1. The zero-order valence-corrected chi connectivity index (χ0v) is 10.9. The zero-order chi connectivity index (χ0) is 12.5. The summed E-state index contributed by atoms with van der Waals surface area (Å²) < 4.78 is 5.81. The molecule has 1 atom stereocenters. The molecular weight excluding hydrogens is 248 g/mol. The van der Waals surface area contributed by atoms with Gasteiger partial charge in [-0.3, -0.25) is 4.79 Å². The van der Waals surface area contributed by atoms with E-state index in [1.807, 2.05) is 24.3 Å². The molecule has 3 heteroatoms. The summed E-state index contributed by atoms with van der Waals surface area (Å²) >= 11 is 5.96. The highest BCUT2D eigenvalue weighted by Gasteiger charge is 2.25. The Balaban J connectivity index is 1.99. The average molecular weight is 263 g/mol. The number of furan rings is 1. The molecule has 1 unspecified atom stereocenters. The lowest BCUT2D eigenvalue weighted by Crippen LogP contribution is -2.09. The van der Waals surface area contributed by atoms with Gasteiger partial charge in [-0.1, -0.05) is 24.4 Å². The second-order valence-corrected chi connectivity index (χ2v) is 5.39. The summed E-state index contributed by atoms with van der Waals surface area (Å²) in [5.74, 6) is 1.07. The van der Waals surface area contributed by atoms with Crippen molar-refractivity contribution in [1.29, 1.82) is 0 Å². The van der Waals surface area contributed by atoms with E-state index in [1.54, 1.807) is 0 Å². The third kappa shape index (κ3) is 2.17. The average Bonchev–Trinajstić information content (AvgIpc) is 2.63. The molecule has 1 aliphatic carbocycles. The van der Waals surface area contributed by atoms with Gasteiger partial charge in [0.2, 0.25) is 0 Å². The van der Waals surface area contributed by atoms with E-state index in [-0.39, 0.29) is 5.92 Å². The largest absolute Gasteiger partial charge is 0.460 e. The van der Waals surface area contributed by atoms with Crippen LogP contribution in [0.15, 0.2) is 28.7 Å². The highest BCUT2D eigenvalue weighted by atomic mass is 35.5. The Bertz CT molecular complexity index is 585. The van der Waals surface area contributed by atoms with Crippen LogP contribution in [0.25, 0.3) is 11.0 Å². The van der Waals surface area contributed by atoms with Crippen LogP contribution in [0.5, 0.6) is 0 Å². The van der Waals surface area contributed by atoms with Crippen molar-refractivity contribution in [2.24, 2.45) is 0 Å². The van der Waals surface area contributed by atoms with Crippen LogP contribution in [-0.2, 0) is 4.79 Å². The van der Waals surface area contributed by atoms with Crippen molar-refractivity contribution < 1.29 is 9.21 Å². The van der Waals surface area contributed by atoms with E-state index in [0.717, 1.165) is 42.4 Å². The minimum Gasteiger partial charge on any atom is -0.460 e. The van der Waals surface area contributed by atoms with Gasteiger partial charge in [-0.25, -0.2) is 0 Å². The van der Waals surface area contributed by atoms with Crippen molar-refractivity contribution in [2.45, 2.75) is 38.0 Å². The molecule has 0 aliphatic heterocycles. The van der Waals surface area contributed by atoms with Gasteiger partial charge >= 0.3 is 0 Å². The van der Waals surface area contributed by atoms with Gasteiger partial charge in [-0.15, -0.1) is 0 Å². The maximum atomic E-state index is 12.1. The lowest BCUT2D eigenvalue weighted by Gasteiger charge is -2.08. The second-order valence-electron chi connectivity index (χ2n) is 4.95. The van der Waals surface area contributed by atoms with Crippen LogP contribution < -0.4 is 0 Å². The molecule has 2 aromatic rings. The number of carbonyl (C=O) groups excluding carboxylic acids is 1. The van der Waals surface area contributed by atoms with Crippen molar-refractivity contribution in [2.75, 3.05) is 0 Å². The number of fused-ring (bicyclic) bond motifs is 1. The predicted molar refractivity (Wildman–Crippen MR) is 72.1 cm³/mol. The summed E-state index contributed by atoms with van der Waals surface area (Å²) in [5.41, 5.74) is 0.812. The third-order valence-electron chi connectivity index (χ3n) is 3.65. The van der Waals surface area contributed by atoms with Crippen LogP contribution >= 0.6 is 11.6 Å². The Morgan fingerprint density at radius 3 is 2.94 bits per heavy atom. The van der Waals surface area contributed by atoms with E-state index >= 15 is 0 Å². The van der Waals surface area contributed by atoms with Crippen LogP contribution in [0, 0.1) is 0 Å². The quantitative estimate of drug-likeness (QED) is 0.697. The molecule has 1 aromatic heterocycles. The summed E-state index contributed by atoms with van der Waals surface area (Å²) in [4.78, 5) is 12.1. The fourth-order valence-electron chi connectivity index (χ4n) is 2.67. The molecule has 0 spiro atoms. The first-order chi connectivity index (χ1) is 8.74. The normalized spacial score (nSPS) is 21.2. The highest BCUT2D eigenvalue weighted by molar-refractivity contribution is 6.31. The third-order valence-corrected chi connectivity index (χ3v) is 3.88. The number of benzene rings is 1. The molecule has 2 nitrogen and oxygen atoms in total. The predicted octanol–water partition coefficient (Wildman–Crippen LogP) is 4.70. The Morgan fingerprint density at radius 2 is 2.06 bits per heavy atom. The summed E-state index contributed by atoms with van der Waals surface area (Å²) in [6, 6.07) is 7.52. The summed E-state index contributed by atoms with van der Waals surface area (Å²) in [6.07, 6.45) is 4.86. The molecule has 94 valence electrons. The van der Waals surface area contributed by atoms with Crippen LogP contribution in [0.2, 0.25) is 5.02 Å². The summed E-state index contributed by atoms with van der Waals surface area (Å²) in [5, 5.41) is 1.68. The fraction of sp³-hybridized carbons (Fsp3) is 0.400. The maximum Gasteiger partial charge on any atom is 0.143 e. The van der Waals surface area contributed by atoms with Gasteiger partial charge in [-0.05, 0) is 37.1 Å². The summed E-state index contributed by atoms with van der Waals surface area (Å²) in [7, 11) is 0. The van der Waals surface area contributed by atoms with E-state index < -0.39 is 0 Å². The van der Waals surface area contributed by atoms with Gasteiger partial charge in [-0.2, -0.15) is 0 Å². The van der Waals surface area contributed by atoms with E-state index in [0.29, 0.717) is 17.2 Å². The number of Topliss-reactive ketones (excluding diaryl/α,β-unsaturated/α-hetero) is 1. The smallest absolute Gasteiger partial charge is 0.143 e. The second kappa shape index (κ2) is 4.77. The van der Waals surface area contributed by atoms with Crippen molar-refractivity contribution in [1.82, 2.24) is 0 Å². The fourth-order valence-corrected chi connectivity index (χ4v) is 2.85. The number of hydrogen-bond acceptors (Lipinski definition) is 2. The molecule has 1 fully saturated rings. The van der Waals surface area contributed by atoms with E-state index in [4.69, 9.17) is 16.0 Å². The van der Waals surface area contributed by atoms with E-state index in [9.17, 15) is 4.79 Å². The van der Waals surface area contributed by atoms with Gasteiger partial charge in [0.1, 0.15) is 17.1 Å². The van der Waals surface area contributed by atoms with Gasteiger partial charge in [0.15, 0.2) is 0 Å². The number of hydrogen-bond donors (Lipinski definition) is 0. The molecule has 0 saturated heterocycles. The standard InChI is InChI=1S/C15H15ClO2/c16-11-6-7-14-10(8-11)9-15(18-14)12-4-2-1-3-5-13(12)17/h6-9,12H,1-5H2. The SMILES string of the molecule is O=C1CCCCCC1c1cc2cc(Cl)ccc2o1. The molecule has 18 heavy (non-hydrogen) atoms. The van der Waals surface area contributed by atoms with Crippen LogP contribution in [0.1, 0.15) is 43.8 Å². The highest BCUT2D eigenvalue weighted by Crippen LogP contribution is 2.33. The number of halogens is 1.